The number of carbonyl (C=O) groups is 5. The summed E-state index contributed by atoms with van der Waals surface area (Å²) in [6, 6.07) is 0. The summed E-state index contributed by atoms with van der Waals surface area (Å²) in [6.07, 6.45) is 20.7. The van der Waals surface area contributed by atoms with Gasteiger partial charge in [0.05, 0.1) is 31.2 Å². The normalized spacial score (nSPS) is 18.7. The lowest BCUT2D eigenvalue weighted by Gasteiger charge is -2.31. The van der Waals surface area contributed by atoms with Crippen LogP contribution in [-0.4, -0.2) is 80.5 Å². The van der Waals surface area contributed by atoms with Crippen LogP contribution in [0.2, 0.25) is 0 Å². The molecule has 1 N–H and O–H groups in total. The molecule has 320 valence electrons. The van der Waals surface area contributed by atoms with Crippen molar-refractivity contribution in [2.45, 2.75) is 155 Å². The molecule has 2 fully saturated rings. The van der Waals surface area contributed by atoms with E-state index in [0.29, 0.717) is 51.7 Å². The molecule has 56 heavy (non-hydrogen) atoms. The smallest absolute Gasteiger partial charge is 0.308 e. The lowest BCUT2D eigenvalue weighted by atomic mass is 9.89. The predicted octanol–water partition coefficient (Wildman–Crippen LogP) is 8.54. The number of esters is 5. The number of allylic oxidation sites excluding steroid dienone is 2. The SMILES string of the molecule is CCCCC/C=C\CCOC(=O)CCCCC(=O)OCC(CO)(COC(=O)CCCCC(=O)OCC/C=C\CCCCC)COC(=O)C1CCC2C(C1)C2(F)F. The molecule has 0 aliphatic heterocycles. The third kappa shape index (κ3) is 20.2. The number of aliphatic hydroxyl groups excluding tert-OH is 1. The van der Waals surface area contributed by atoms with E-state index < -0.39 is 73.4 Å². The maximum absolute atomic E-state index is 13.9. The minimum absolute atomic E-state index is 0.0139. The van der Waals surface area contributed by atoms with E-state index in [1.165, 1.54) is 25.7 Å². The quantitative estimate of drug-likeness (QED) is 0.0302. The van der Waals surface area contributed by atoms with E-state index in [9.17, 15) is 37.9 Å². The summed E-state index contributed by atoms with van der Waals surface area (Å²) in [4.78, 5) is 62.3. The van der Waals surface area contributed by atoms with E-state index in [2.05, 4.69) is 26.0 Å². The maximum atomic E-state index is 13.9. The van der Waals surface area contributed by atoms with Crippen molar-refractivity contribution >= 4 is 29.8 Å². The molecule has 3 unspecified atom stereocenters. The number of ether oxygens (including phenoxy) is 5. The molecule has 3 atom stereocenters. The molecule has 0 spiro atoms. The van der Waals surface area contributed by atoms with Crippen LogP contribution in [-0.2, 0) is 47.7 Å². The molecule has 2 aliphatic rings. The monoisotopic (exact) mass is 798 g/mol. The van der Waals surface area contributed by atoms with Crippen LogP contribution in [0.3, 0.4) is 0 Å². The Morgan fingerprint density at radius 2 is 1.02 bits per heavy atom. The van der Waals surface area contributed by atoms with Gasteiger partial charge in [-0.1, -0.05) is 63.8 Å². The number of hydrogen-bond acceptors (Lipinski definition) is 11. The van der Waals surface area contributed by atoms with Gasteiger partial charge in [0, 0.05) is 37.5 Å². The Bertz CT molecular complexity index is 1170. The highest BCUT2D eigenvalue weighted by molar-refractivity contribution is 5.73. The molecular weight excluding hydrogens is 730 g/mol. The van der Waals surface area contributed by atoms with Gasteiger partial charge >= 0.3 is 29.8 Å². The fourth-order valence-corrected chi connectivity index (χ4v) is 6.61. The van der Waals surface area contributed by atoms with Crippen LogP contribution in [0.4, 0.5) is 8.78 Å². The zero-order valence-electron chi connectivity index (χ0n) is 33.9. The average Bonchev–Trinajstić information content (AvgIpc) is 3.75. The Labute approximate surface area is 332 Å². The number of fused-ring (bicyclic) bond motifs is 1. The molecule has 0 saturated heterocycles. The maximum Gasteiger partial charge on any atom is 0.308 e. The third-order valence-electron chi connectivity index (χ3n) is 10.4. The summed E-state index contributed by atoms with van der Waals surface area (Å²) in [6.45, 7) is 2.87. The van der Waals surface area contributed by atoms with Gasteiger partial charge in [0.1, 0.15) is 19.8 Å². The zero-order chi connectivity index (χ0) is 41.1. The van der Waals surface area contributed by atoms with E-state index in [1.807, 2.05) is 12.2 Å². The number of halogens is 2. The van der Waals surface area contributed by atoms with Gasteiger partial charge in [-0.15, -0.1) is 0 Å². The van der Waals surface area contributed by atoms with Gasteiger partial charge in [-0.05, 0) is 83.5 Å². The van der Waals surface area contributed by atoms with Gasteiger partial charge in [-0.3, -0.25) is 24.0 Å². The number of unbranched alkanes of at least 4 members (excludes halogenated alkanes) is 8. The number of hydrogen-bond donors (Lipinski definition) is 1. The van der Waals surface area contributed by atoms with Gasteiger partial charge < -0.3 is 28.8 Å². The summed E-state index contributed by atoms with van der Waals surface area (Å²) in [7, 11) is 0. The summed E-state index contributed by atoms with van der Waals surface area (Å²) in [5.41, 5.74) is -1.50. The highest BCUT2D eigenvalue weighted by Gasteiger charge is 2.69. The van der Waals surface area contributed by atoms with Crippen molar-refractivity contribution in [3.8, 4) is 0 Å². The Balaban J connectivity index is 1.77. The fourth-order valence-electron chi connectivity index (χ4n) is 6.61. The largest absolute Gasteiger partial charge is 0.465 e. The fraction of sp³-hybridized carbons (Fsp3) is 0.791. The van der Waals surface area contributed by atoms with Crippen molar-refractivity contribution in [2.24, 2.45) is 23.2 Å². The van der Waals surface area contributed by atoms with Gasteiger partial charge in [-0.2, -0.15) is 0 Å². The first-order valence-electron chi connectivity index (χ1n) is 21.1. The van der Waals surface area contributed by atoms with Crippen molar-refractivity contribution in [2.75, 3.05) is 39.6 Å². The molecule has 2 aliphatic carbocycles. The van der Waals surface area contributed by atoms with Gasteiger partial charge in [0.2, 0.25) is 0 Å². The van der Waals surface area contributed by atoms with Crippen molar-refractivity contribution in [3.63, 3.8) is 0 Å². The van der Waals surface area contributed by atoms with E-state index >= 15 is 0 Å². The molecule has 2 rings (SSSR count). The molecule has 0 heterocycles. The first kappa shape index (κ1) is 48.8. The molecule has 0 bridgehead atoms. The topological polar surface area (TPSA) is 152 Å². The van der Waals surface area contributed by atoms with Gasteiger partial charge in [-0.25, -0.2) is 8.78 Å². The zero-order valence-corrected chi connectivity index (χ0v) is 33.9. The summed E-state index contributed by atoms with van der Waals surface area (Å²) < 4.78 is 54.7. The second-order valence-corrected chi connectivity index (χ2v) is 15.4. The Morgan fingerprint density at radius 3 is 1.45 bits per heavy atom. The summed E-state index contributed by atoms with van der Waals surface area (Å²) >= 11 is 0. The molecule has 13 heteroatoms. The third-order valence-corrected chi connectivity index (χ3v) is 10.4. The summed E-state index contributed by atoms with van der Waals surface area (Å²) in [5, 5.41) is 10.4. The van der Waals surface area contributed by atoms with E-state index in [4.69, 9.17) is 23.7 Å². The van der Waals surface area contributed by atoms with Crippen LogP contribution in [0.1, 0.15) is 149 Å². The van der Waals surface area contributed by atoms with Crippen LogP contribution in [0, 0.1) is 23.2 Å². The first-order chi connectivity index (χ1) is 27.0. The van der Waals surface area contributed by atoms with Crippen molar-refractivity contribution in [3.05, 3.63) is 24.3 Å². The molecule has 0 amide bonds. The minimum atomic E-state index is -2.76. The molecule has 0 radical (unpaired) electrons. The lowest BCUT2D eigenvalue weighted by molar-refractivity contribution is -0.168. The number of aliphatic hydroxyl groups is 1. The van der Waals surface area contributed by atoms with Crippen molar-refractivity contribution < 1.29 is 61.5 Å². The molecule has 2 saturated carbocycles. The molecule has 11 nitrogen and oxygen atoms in total. The van der Waals surface area contributed by atoms with Gasteiger partial charge in [0.15, 0.2) is 0 Å². The van der Waals surface area contributed by atoms with Crippen molar-refractivity contribution in [1.82, 2.24) is 0 Å². The highest BCUT2D eigenvalue weighted by Crippen LogP contribution is 2.63. The highest BCUT2D eigenvalue weighted by atomic mass is 19.3. The van der Waals surface area contributed by atoms with Crippen molar-refractivity contribution in [1.29, 1.82) is 0 Å². The predicted molar refractivity (Wildman–Crippen MR) is 206 cm³/mol. The number of alkyl halides is 2. The number of carbonyl (C=O) groups excluding carboxylic acids is 5. The molecule has 0 aromatic rings. The Hall–Kier alpha value is -3.35. The van der Waals surface area contributed by atoms with Crippen LogP contribution in [0.5, 0.6) is 0 Å². The first-order valence-corrected chi connectivity index (χ1v) is 21.1. The average molecular weight is 799 g/mol. The van der Waals surface area contributed by atoms with E-state index in [-0.39, 0.29) is 56.9 Å². The van der Waals surface area contributed by atoms with E-state index in [1.54, 1.807) is 0 Å². The van der Waals surface area contributed by atoms with Crippen LogP contribution in [0.15, 0.2) is 24.3 Å². The second-order valence-electron chi connectivity index (χ2n) is 15.4. The number of rotatable bonds is 32. The Kier molecular flexibility index (Phi) is 24.5. The Morgan fingerprint density at radius 1 is 0.589 bits per heavy atom. The molecule has 0 aromatic heterocycles. The van der Waals surface area contributed by atoms with E-state index in [0.717, 1.165) is 25.7 Å². The van der Waals surface area contributed by atoms with Crippen LogP contribution >= 0.6 is 0 Å². The molecule has 0 aromatic carbocycles. The lowest BCUT2D eigenvalue weighted by Crippen LogP contribution is -2.43. The molecular formula is C43H68F2O11. The van der Waals surface area contributed by atoms with Crippen LogP contribution < -0.4 is 0 Å². The minimum Gasteiger partial charge on any atom is -0.465 e. The van der Waals surface area contributed by atoms with Crippen LogP contribution in [0.25, 0.3) is 0 Å². The summed E-state index contributed by atoms with van der Waals surface area (Å²) in [5.74, 6) is -7.65. The second kappa shape index (κ2) is 28.1. The van der Waals surface area contributed by atoms with Gasteiger partial charge in [0.25, 0.3) is 5.92 Å². The standard InChI is InChI=1S/C43H68F2O11/c1-3-5-7-9-11-13-19-27-52-37(47)21-15-17-23-39(49)54-31-42(30-46,33-56-41(51)34-25-26-35-36(29-34)43(35,44)45)32-55-40(50)24-18-16-22-38(48)53-28-20-14-12-10-8-6-4-2/h11-14,34-36,46H,3-10,15-33H2,1-2H3/b13-11-,14-12-.